The van der Waals surface area contributed by atoms with E-state index in [-0.39, 0.29) is 5.54 Å². The van der Waals surface area contributed by atoms with Gasteiger partial charge in [0.1, 0.15) is 0 Å². The Labute approximate surface area is 114 Å². The fourth-order valence-electron chi connectivity index (χ4n) is 4.72. The molecule has 0 saturated heterocycles. The van der Waals surface area contributed by atoms with E-state index in [1.807, 2.05) is 0 Å². The van der Waals surface area contributed by atoms with Crippen LogP contribution in [0.2, 0.25) is 0 Å². The molecule has 1 aromatic rings. The molecule has 1 aromatic carbocycles. The number of hydrogen-bond acceptors (Lipinski definition) is 3. The SMILES string of the molecule is CN1C(N)=NCC12C1CCC2Cc2ccccc2C1. The Morgan fingerprint density at radius 2 is 1.74 bits per heavy atom. The van der Waals surface area contributed by atoms with E-state index < -0.39 is 0 Å². The predicted octanol–water partition coefficient (Wildman–Crippen LogP) is 1.81. The molecule has 2 unspecified atom stereocenters. The van der Waals surface area contributed by atoms with E-state index in [1.165, 1.54) is 25.7 Å². The molecule has 3 heteroatoms. The normalized spacial score (nSPS) is 36.3. The first-order valence-corrected chi connectivity index (χ1v) is 7.32. The van der Waals surface area contributed by atoms with E-state index >= 15 is 0 Å². The summed E-state index contributed by atoms with van der Waals surface area (Å²) >= 11 is 0. The number of likely N-dealkylation sites (N-methyl/N-ethyl adjacent to an activating group) is 1. The number of nitrogens with two attached hydrogens (primary N) is 1. The third kappa shape index (κ3) is 1.36. The second kappa shape index (κ2) is 3.75. The van der Waals surface area contributed by atoms with Gasteiger partial charge in [-0.1, -0.05) is 24.3 Å². The van der Waals surface area contributed by atoms with E-state index in [9.17, 15) is 0 Å². The number of hydrogen-bond donors (Lipinski definition) is 1. The third-order valence-corrected chi connectivity index (χ3v) is 5.79. The summed E-state index contributed by atoms with van der Waals surface area (Å²) in [5.41, 5.74) is 9.36. The fourth-order valence-corrected chi connectivity index (χ4v) is 4.72. The first kappa shape index (κ1) is 11.3. The Bertz CT molecular complexity index is 516. The Morgan fingerprint density at radius 1 is 1.16 bits per heavy atom. The van der Waals surface area contributed by atoms with Crippen molar-refractivity contribution in [2.45, 2.75) is 31.2 Å². The molecule has 1 spiro atoms. The van der Waals surface area contributed by atoms with Crippen LogP contribution in [0.1, 0.15) is 24.0 Å². The van der Waals surface area contributed by atoms with E-state index in [0.717, 1.165) is 12.5 Å². The lowest BCUT2D eigenvalue weighted by molar-refractivity contribution is 0.124. The summed E-state index contributed by atoms with van der Waals surface area (Å²) in [6.07, 6.45) is 5.04. The van der Waals surface area contributed by atoms with E-state index in [1.54, 1.807) is 11.1 Å². The zero-order valence-corrected chi connectivity index (χ0v) is 11.5. The number of rotatable bonds is 0. The van der Waals surface area contributed by atoms with E-state index in [2.05, 4.69) is 41.2 Å². The highest BCUT2D eigenvalue weighted by atomic mass is 15.3. The lowest BCUT2D eigenvalue weighted by atomic mass is 9.78. The highest BCUT2D eigenvalue weighted by Gasteiger charge is 2.56. The van der Waals surface area contributed by atoms with Crippen molar-refractivity contribution in [2.75, 3.05) is 13.6 Å². The van der Waals surface area contributed by atoms with Crippen molar-refractivity contribution in [3.8, 4) is 0 Å². The summed E-state index contributed by atoms with van der Waals surface area (Å²) in [7, 11) is 2.15. The van der Waals surface area contributed by atoms with Gasteiger partial charge in [0.25, 0.3) is 0 Å². The maximum atomic E-state index is 6.07. The van der Waals surface area contributed by atoms with Crippen molar-refractivity contribution in [3.05, 3.63) is 35.4 Å². The molecule has 3 nitrogen and oxygen atoms in total. The summed E-state index contributed by atoms with van der Waals surface area (Å²) in [6.45, 7) is 0.901. The quantitative estimate of drug-likeness (QED) is 0.768. The zero-order valence-electron chi connectivity index (χ0n) is 11.5. The Balaban J connectivity index is 1.79. The van der Waals surface area contributed by atoms with Crippen LogP contribution in [0, 0.1) is 11.8 Å². The maximum Gasteiger partial charge on any atom is 0.191 e. The molecule has 4 rings (SSSR count). The molecule has 1 fully saturated rings. The number of fused-ring (bicyclic) bond motifs is 1. The summed E-state index contributed by atoms with van der Waals surface area (Å²) in [4.78, 5) is 6.85. The summed E-state index contributed by atoms with van der Waals surface area (Å²) in [6, 6.07) is 8.97. The van der Waals surface area contributed by atoms with Crippen LogP contribution < -0.4 is 5.73 Å². The van der Waals surface area contributed by atoms with Gasteiger partial charge >= 0.3 is 0 Å². The largest absolute Gasteiger partial charge is 0.370 e. The van der Waals surface area contributed by atoms with Gasteiger partial charge in [0.05, 0.1) is 12.1 Å². The fraction of sp³-hybridized carbons (Fsp3) is 0.562. The maximum absolute atomic E-state index is 6.07. The standard InChI is InChI=1S/C16H21N3/c1-19-15(17)18-10-16(19)13-6-7-14(16)9-12-5-3-2-4-11(12)8-13/h2-5,13-14H,6-10H2,1H3,(H2,17,18). The van der Waals surface area contributed by atoms with Crippen LogP contribution in [0.3, 0.4) is 0 Å². The number of nitrogens with zero attached hydrogens (tertiary/aromatic N) is 2. The predicted molar refractivity (Wildman–Crippen MR) is 77.0 cm³/mol. The number of benzene rings is 1. The van der Waals surface area contributed by atoms with Crippen LogP contribution in [-0.4, -0.2) is 30.0 Å². The highest BCUT2D eigenvalue weighted by molar-refractivity contribution is 5.81. The second-order valence-corrected chi connectivity index (χ2v) is 6.37. The van der Waals surface area contributed by atoms with Crippen molar-refractivity contribution in [3.63, 3.8) is 0 Å². The molecule has 19 heavy (non-hydrogen) atoms. The van der Waals surface area contributed by atoms with Crippen LogP contribution in [-0.2, 0) is 12.8 Å². The van der Waals surface area contributed by atoms with Crippen LogP contribution in [0.15, 0.2) is 29.3 Å². The van der Waals surface area contributed by atoms with E-state index in [4.69, 9.17) is 5.73 Å². The molecular formula is C16H21N3. The van der Waals surface area contributed by atoms with Crippen LogP contribution in [0.5, 0.6) is 0 Å². The molecule has 1 aliphatic heterocycles. The van der Waals surface area contributed by atoms with Crippen LogP contribution in [0.4, 0.5) is 0 Å². The molecule has 0 amide bonds. The van der Waals surface area contributed by atoms with Crippen LogP contribution >= 0.6 is 0 Å². The van der Waals surface area contributed by atoms with Crippen molar-refractivity contribution in [1.82, 2.24) is 4.90 Å². The minimum Gasteiger partial charge on any atom is -0.370 e. The number of aliphatic imine (C=N–C) groups is 1. The van der Waals surface area contributed by atoms with Crippen molar-refractivity contribution < 1.29 is 0 Å². The smallest absolute Gasteiger partial charge is 0.191 e. The van der Waals surface area contributed by atoms with Crippen LogP contribution in [0.25, 0.3) is 0 Å². The topological polar surface area (TPSA) is 41.6 Å². The van der Waals surface area contributed by atoms with Gasteiger partial charge in [-0.3, -0.25) is 4.99 Å². The lowest BCUT2D eigenvalue weighted by Gasteiger charge is -2.42. The van der Waals surface area contributed by atoms with Gasteiger partial charge in [-0.15, -0.1) is 0 Å². The van der Waals surface area contributed by atoms with Gasteiger partial charge in [0, 0.05) is 7.05 Å². The van der Waals surface area contributed by atoms with Crippen molar-refractivity contribution in [2.24, 2.45) is 22.6 Å². The lowest BCUT2D eigenvalue weighted by Crippen LogP contribution is -2.56. The minimum atomic E-state index is 0.198. The Morgan fingerprint density at radius 3 is 2.21 bits per heavy atom. The van der Waals surface area contributed by atoms with Gasteiger partial charge in [0.15, 0.2) is 5.96 Å². The summed E-state index contributed by atoms with van der Waals surface area (Å²) in [5, 5.41) is 0. The third-order valence-electron chi connectivity index (χ3n) is 5.79. The van der Waals surface area contributed by atoms with Crippen molar-refractivity contribution >= 4 is 5.96 Å². The second-order valence-electron chi connectivity index (χ2n) is 6.37. The van der Waals surface area contributed by atoms with Gasteiger partial charge in [-0.2, -0.15) is 0 Å². The van der Waals surface area contributed by atoms with Gasteiger partial charge in [0.2, 0.25) is 0 Å². The van der Waals surface area contributed by atoms with Crippen molar-refractivity contribution in [1.29, 1.82) is 0 Å². The Hall–Kier alpha value is -1.51. The number of guanidine groups is 1. The van der Waals surface area contributed by atoms with Gasteiger partial charge in [-0.05, 0) is 48.6 Å². The first-order valence-electron chi connectivity index (χ1n) is 7.32. The molecule has 2 atom stereocenters. The molecule has 2 aliphatic carbocycles. The average Bonchev–Trinajstić information content (AvgIpc) is 2.83. The molecular weight excluding hydrogens is 234 g/mol. The van der Waals surface area contributed by atoms with Gasteiger partial charge in [-0.25, -0.2) is 0 Å². The molecule has 1 heterocycles. The Kier molecular flexibility index (Phi) is 2.23. The molecule has 0 radical (unpaired) electrons. The summed E-state index contributed by atoms with van der Waals surface area (Å²) < 4.78 is 0. The molecule has 3 aliphatic rings. The first-order chi connectivity index (χ1) is 9.22. The average molecular weight is 255 g/mol. The highest BCUT2D eigenvalue weighted by Crippen LogP contribution is 2.51. The minimum absolute atomic E-state index is 0.198. The molecule has 1 saturated carbocycles. The summed E-state index contributed by atoms with van der Waals surface area (Å²) in [5.74, 6) is 2.15. The molecule has 0 aromatic heterocycles. The molecule has 2 bridgehead atoms. The zero-order chi connectivity index (χ0) is 13.0. The van der Waals surface area contributed by atoms with Gasteiger partial charge < -0.3 is 10.6 Å². The molecule has 2 N–H and O–H groups in total. The monoisotopic (exact) mass is 255 g/mol. The van der Waals surface area contributed by atoms with E-state index in [0.29, 0.717) is 11.8 Å². The molecule has 100 valence electrons.